The van der Waals surface area contributed by atoms with Gasteiger partial charge >= 0.3 is 0 Å². The maximum absolute atomic E-state index is 6.86. The van der Waals surface area contributed by atoms with Crippen molar-refractivity contribution in [2.24, 2.45) is 0 Å². The summed E-state index contributed by atoms with van der Waals surface area (Å²) in [5.74, 6) is 0.888. The van der Waals surface area contributed by atoms with E-state index in [1.54, 1.807) is 0 Å². The van der Waals surface area contributed by atoms with Gasteiger partial charge in [-0.05, 0) is 44.4 Å². The summed E-state index contributed by atoms with van der Waals surface area (Å²) >= 11 is 0. The Morgan fingerprint density at radius 1 is 0.676 bits per heavy atom. The number of fused-ring (bicyclic) bond motifs is 2. The second-order valence-electron chi connectivity index (χ2n) is 15.4. The molecule has 0 atom stereocenters. The fraction of sp³-hybridized carbons (Fsp3) is 0.588. The van der Waals surface area contributed by atoms with Gasteiger partial charge in [0.25, 0.3) is 0 Å². The van der Waals surface area contributed by atoms with Gasteiger partial charge in [0.2, 0.25) is 5.79 Å². The molecule has 0 saturated carbocycles. The molecule has 0 amide bonds. The van der Waals surface area contributed by atoms with E-state index in [1.807, 2.05) is 18.4 Å². The van der Waals surface area contributed by atoms with E-state index in [9.17, 15) is 0 Å². The molecule has 3 heteroatoms. The van der Waals surface area contributed by atoms with E-state index in [0.717, 1.165) is 22.6 Å². The van der Waals surface area contributed by atoms with E-state index >= 15 is 0 Å². The van der Waals surface area contributed by atoms with E-state index in [1.165, 1.54) is 22.3 Å². The highest BCUT2D eigenvalue weighted by atomic mass is 16.7. The molecule has 204 valence electrons. The van der Waals surface area contributed by atoms with Crippen molar-refractivity contribution in [3.8, 4) is 11.5 Å². The largest absolute Gasteiger partial charge is 0.499 e. The smallest absolute Gasteiger partial charge is 0.236 e. The van der Waals surface area contributed by atoms with Crippen LogP contribution in [0.5, 0.6) is 11.5 Å². The predicted octanol–water partition coefficient (Wildman–Crippen LogP) is 8.81. The van der Waals surface area contributed by atoms with E-state index < -0.39 is 5.79 Å². The van der Waals surface area contributed by atoms with Crippen LogP contribution in [0.1, 0.15) is 130 Å². The van der Waals surface area contributed by atoms with E-state index in [-0.39, 0.29) is 21.7 Å². The van der Waals surface area contributed by atoms with Crippen LogP contribution in [0.25, 0.3) is 0 Å². The summed E-state index contributed by atoms with van der Waals surface area (Å²) in [4.78, 5) is 0. The van der Waals surface area contributed by atoms with Crippen LogP contribution in [0.15, 0.2) is 24.3 Å². The van der Waals surface area contributed by atoms with Crippen LogP contribution in [0.2, 0.25) is 0 Å². The highest BCUT2D eigenvalue weighted by Crippen LogP contribution is 2.44. The van der Waals surface area contributed by atoms with Gasteiger partial charge in [-0.25, -0.2) is 0 Å². The number of ether oxygens (including phenoxy) is 2. The average molecular weight is 506 g/mol. The summed E-state index contributed by atoms with van der Waals surface area (Å²) in [6, 6.07) is 9.18. The first-order valence-electron chi connectivity index (χ1n) is 13.7. The van der Waals surface area contributed by atoms with Crippen LogP contribution in [0, 0.1) is 6.54 Å². The lowest BCUT2D eigenvalue weighted by atomic mass is 9.78. The predicted molar refractivity (Wildman–Crippen MR) is 158 cm³/mol. The minimum absolute atomic E-state index is 0.00598. The van der Waals surface area contributed by atoms with Gasteiger partial charge in [-0.1, -0.05) is 101 Å². The first kappa shape index (κ1) is 29.1. The molecule has 2 aromatic rings. The molecule has 0 bridgehead atoms. The minimum atomic E-state index is -0.882. The van der Waals surface area contributed by atoms with Crippen molar-refractivity contribution in [1.29, 1.82) is 0 Å². The minimum Gasteiger partial charge on any atom is -0.499 e. The summed E-state index contributed by atoms with van der Waals surface area (Å²) in [7, 11) is 0. The Kier molecular flexibility index (Phi) is 7.17. The Morgan fingerprint density at radius 2 is 1.11 bits per heavy atom. The summed E-state index contributed by atoms with van der Waals surface area (Å²) in [6.45, 7) is 38.3. The highest BCUT2D eigenvalue weighted by molar-refractivity contribution is 5.53. The molecular formula is C34H51NO2. The molecule has 0 saturated heterocycles. The van der Waals surface area contributed by atoms with Gasteiger partial charge in [-0.2, -0.15) is 0 Å². The maximum Gasteiger partial charge on any atom is 0.236 e. The monoisotopic (exact) mass is 505 g/mol. The molecule has 0 aliphatic carbocycles. The summed E-state index contributed by atoms with van der Waals surface area (Å²) < 4.78 is 15.7. The quantitative estimate of drug-likeness (QED) is 0.263. The van der Waals surface area contributed by atoms with Gasteiger partial charge in [-0.15, -0.1) is 6.07 Å². The zero-order chi connectivity index (χ0) is 28.4. The molecule has 37 heavy (non-hydrogen) atoms. The van der Waals surface area contributed by atoms with Crippen molar-refractivity contribution < 1.29 is 14.0 Å². The van der Waals surface area contributed by atoms with Crippen molar-refractivity contribution in [2.75, 3.05) is 0 Å². The van der Waals surface area contributed by atoms with Crippen LogP contribution in [0.4, 0.5) is 0 Å². The number of hydrogen-bond acceptors (Lipinski definition) is 2. The second kappa shape index (κ2) is 9.10. The fourth-order valence-electron chi connectivity index (χ4n) is 4.74. The number of nitrogens with zero attached hydrogens (tertiary/aromatic N) is 1. The number of benzene rings is 2. The van der Waals surface area contributed by atoms with Crippen molar-refractivity contribution in [1.82, 2.24) is 0 Å². The van der Waals surface area contributed by atoms with Crippen LogP contribution >= 0.6 is 0 Å². The Morgan fingerprint density at radius 3 is 1.57 bits per heavy atom. The number of rotatable bonds is 0. The summed E-state index contributed by atoms with van der Waals surface area (Å²) in [5.41, 5.74) is 6.94. The third-order valence-corrected chi connectivity index (χ3v) is 7.02. The van der Waals surface area contributed by atoms with Crippen LogP contribution in [-0.2, 0) is 28.2 Å². The van der Waals surface area contributed by atoms with Crippen molar-refractivity contribution in [3.63, 3.8) is 0 Å². The molecule has 0 N–H and O–H groups in total. The highest BCUT2D eigenvalue weighted by Gasteiger charge is 2.34. The topological polar surface area (TPSA) is 21.5 Å². The summed E-state index contributed by atoms with van der Waals surface area (Å²) in [6.07, 6.45) is 0. The average Bonchev–Trinajstić information content (AvgIpc) is 2.65. The SMILES string of the molecule is C=[N+]1[CH-]c2cc(C(C)(C)C)cc(C(C)(C)C)c2OC(C)(C)Oc2c(cc(C(C)(C)C)cc2C(C)(C)C)C1. The van der Waals surface area contributed by atoms with E-state index in [2.05, 4.69) is 121 Å². The lowest BCUT2D eigenvalue weighted by Crippen LogP contribution is -2.38. The molecule has 0 spiro atoms. The number of hydrogen-bond donors (Lipinski definition) is 0. The standard InChI is InChI=1S/C34H51NO2/c1-30(2,3)24-16-22-20-35(15)21-23-17-25(31(4,5)6)19-27(33(10,11)12)29(23)37-34(13,14)36-28(22)26(18-24)32(7,8)9/h16-20H,15,21H2,1-14H3. The first-order chi connectivity index (χ1) is 16.5. The molecule has 1 heterocycles. The molecule has 0 aromatic heterocycles. The van der Waals surface area contributed by atoms with Crippen LogP contribution < -0.4 is 9.47 Å². The third-order valence-electron chi connectivity index (χ3n) is 7.02. The Labute approximate surface area is 227 Å². The van der Waals surface area contributed by atoms with Gasteiger partial charge in [0, 0.05) is 19.4 Å². The van der Waals surface area contributed by atoms with E-state index in [0.29, 0.717) is 6.54 Å². The molecule has 0 fully saturated rings. The van der Waals surface area contributed by atoms with Crippen LogP contribution in [0.3, 0.4) is 0 Å². The van der Waals surface area contributed by atoms with Gasteiger partial charge in [0.1, 0.15) is 5.75 Å². The van der Waals surface area contributed by atoms with Gasteiger partial charge < -0.3 is 9.47 Å². The van der Waals surface area contributed by atoms with Crippen molar-refractivity contribution >= 4 is 6.72 Å². The lowest BCUT2D eigenvalue weighted by molar-refractivity contribution is -0.490. The second-order valence-corrected chi connectivity index (χ2v) is 15.4. The van der Waals surface area contributed by atoms with Crippen molar-refractivity contribution in [3.05, 3.63) is 64.2 Å². The van der Waals surface area contributed by atoms with Crippen LogP contribution in [-0.4, -0.2) is 17.1 Å². The van der Waals surface area contributed by atoms with Gasteiger partial charge in [0.05, 0.1) is 24.6 Å². The normalized spacial score (nSPS) is 16.6. The third kappa shape index (κ3) is 6.54. The zero-order valence-electron chi connectivity index (χ0n) is 26.1. The zero-order valence-corrected chi connectivity index (χ0v) is 26.1. The molecule has 0 unspecified atom stereocenters. The molecule has 3 nitrogen and oxygen atoms in total. The maximum atomic E-state index is 6.86. The Hall–Kier alpha value is -2.42. The molecular weight excluding hydrogens is 454 g/mol. The fourth-order valence-corrected chi connectivity index (χ4v) is 4.74. The molecule has 1 aliphatic heterocycles. The summed E-state index contributed by atoms with van der Waals surface area (Å²) in [5, 5.41) is 0. The van der Waals surface area contributed by atoms with Gasteiger partial charge in [-0.3, -0.25) is 4.58 Å². The van der Waals surface area contributed by atoms with E-state index in [4.69, 9.17) is 9.47 Å². The molecule has 0 radical (unpaired) electrons. The lowest BCUT2D eigenvalue weighted by Gasteiger charge is -2.39. The van der Waals surface area contributed by atoms with Gasteiger partial charge in [0.15, 0.2) is 6.54 Å². The molecule has 1 aliphatic rings. The molecule has 3 rings (SSSR count). The first-order valence-corrected chi connectivity index (χ1v) is 13.7. The molecule has 2 aromatic carbocycles. The van der Waals surface area contributed by atoms with Crippen molar-refractivity contribution in [2.45, 2.75) is 131 Å². The Bertz CT molecular complexity index is 1100. The Balaban J connectivity index is 2.31.